The largest absolute Gasteiger partial charge is 0.735 e. The van der Waals surface area contributed by atoms with Crippen LogP contribution in [0.25, 0.3) is 0 Å². The van der Waals surface area contributed by atoms with Gasteiger partial charge in [-0.15, -0.1) is 0 Å². The Hall–Kier alpha value is -2.36. The predicted molar refractivity (Wildman–Crippen MR) is 49.6 cm³/mol. The van der Waals surface area contributed by atoms with Gasteiger partial charge in [0.2, 0.25) is 0 Å². The van der Waals surface area contributed by atoms with Crippen molar-refractivity contribution in [3.63, 3.8) is 0 Å². The minimum atomic E-state index is -3.61. The number of ether oxygens (including phenoxy) is 1. The van der Waals surface area contributed by atoms with E-state index in [-0.39, 0.29) is 0 Å². The summed E-state index contributed by atoms with van der Waals surface area (Å²) in [4.78, 5) is 27.9. The number of nitrogens with zero attached hydrogens (tertiary/aromatic N) is 3. The predicted octanol–water partition coefficient (Wildman–Crippen LogP) is -0.266. The molecule has 1 aliphatic heterocycles. The van der Waals surface area contributed by atoms with E-state index in [2.05, 4.69) is 0 Å². The van der Waals surface area contributed by atoms with E-state index in [1.54, 1.807) is 0 Å². The summed E-state index contributed by atoms with van der Waals surface area (Å²) in [5.41, 5.74) is -2.14. The molecule has 10 nitrogen and oxygen atoms in total. The molecule has 0 amide bonds. The lowest BCUT2D eigenvalue weighted by atomic mass is 9.93. The highest BCUT2D eigenvalue weighted by Crippen LogP contribution is 2.51. The maximum Gasteiger partial charge on any atom is 0.735 e. The first-order valence-corrected chi connectivity index (χ1v) is 4.37. The van der Waals surface area contributed by atoms with Crippen LogP contribution in [0.15, 0.2) is 24.3 Å². The van der Waals surface area contributed by atoms with E-state index < -0.39 is 32.3 Å². The first kappa shape index (κ1) is 11.1. The van der Waals surface area contributed by atoms with E-state index in [1.165, 1.54) is 18.2 Å². The number of hydrogen-bond acceptors (Lipinski definition) is 7. The van der Waals surface area contributed by atoms with Crippen LogP contribution in [0.1, 0.15) is 0 Å². The van der Waals surface area contributed by atoms with Crippen LogP contribution in [-0.2, 0) is 4.74 Å². The fourth-order valence-electron chi connectivity index (χ4n) is 1.87. The molecule has 1 saturated heterocycles. The summed E-state index contributed by atoms with van der Waals surface area (Å²) in [7, 11) is 0. The lowest BCUT2D eigenvalue weighted by Gasteiger charge is -2.13. The van der Waals surface area contributed by atoms with E-state index >= 15 is 0 Å². The molecule has 0 spiro atoms. The van der Waals surface area contributed by atoms with Crippen LogP contribution in [0.2, 0.25) is 0 Å². The molecule has 2 rings (SSSR count). The minimum Gasteiger partial charge on any atom is -0.336 e. The molecule has 0 aromatic heterocycles. The molecule has 1 heterocycles. The van der Waals surface area contributed by atoms with Crippen molar-refractivity contribution in [2.24, 2.45) is 0 Å². The Bertz CT molecular complexity index is 448. The van der Waals surface area contributed by atoms with Crippen molar-refractivity contribution in [1.82, 2.24) is 0 Å². The van der Waals surface area contributed by atoms with E-state index in [9.17, 15) is 30.3 Å². The Balaban J connectivity index is 2.60. The second-order valence-corrected chi connectivity index (χ2v) is 3.48. The van der Waals surface area contributed by atoms with Crippen LogP contribution in [0.4, 0.5) is 0 Å². The molecular weight excluding hydrogens is 238 g/mol. The first-order valence-electron chi connectivity index (χ1n) is 4.37. The Morgan fingerprint density at radius 3 is 2.00 bits per heavy atom. The van der Waals surface area contributed by atoms with Gasteiger partial charge in [0.15, 0.2) is 14.8 Å². The third-order valence-electron chi connectivity index (χ3n) is 2.72. The van der Waals surface area contributed by atoms with Crippen LogP contribution >= 0.6 is 0 Å². The van der Waals surface area contributed by atoms with Gasteiger partial charge in [-0.05, 0) is 6.08 Å². The standard InChI is InChI=1S/C7H5N3O7/c11-8(12)7(9(13)14,10(15)16)6-4-2-1-3-5(6)17-6/h1-5H. The normalized spacial score (nSPS) is 29.5. The van der Waals surface area contributed by atoms with Crippen molar-refractivity contribution >= 4 is 0 Å². The lowest BCUT2D eigenvalue weighted by molar-refractivity contribution is -0.976. The van der Waals surface area contributed by atoms with Gasteiger partial charge in [0, 0.05) is 0 Å². The molecule has 0 bridgehead atoms. The lowest BCUT2D eigenvalue weighted by Crippen LogP contribution is -2.64. The molecule has 1 aliphatic carbocycles. The minimum absolute atomic E-state index is 0.978. The maximum atomic E-state index is 10.8. The van der Waals surface area contributed by atoms with Crippen LogP contribution in [-0.4, -0.2) is 32.3 Å². The van der Waals surface area contributed by atoms with Gasteiger partial charge in [-0.2, -0.15) is 0 Å². The van der Waals surface area contributed by atoms with Crippen LogP contribution in [0, 0.1) is 30.3 Å². The number of allylic oxidation sites excluding steroid dienone is 2. The average Bonchev–Trinajstić information content (AvgIpc) is 2.91. The summed E-state index contributed by atoms with van der Waals surface area (Å²) in [6, 6.07) is 0. The van der Waals surface area contributed by atoms with Gasteiger partial charge in [-0.25, -0.2) is 0 Å². The molecule has 0 radical (unpaired) electrons. The highest BCUT2D eigenvalue weighted by atomic mass is 16.8. The smallest absolute Gasteiger partial charge is 0.336 e. The van der Waals surface area contributed by atoms with Crippen molar-refractivity contribution < 1.29 is 19.5 Å². The summed E-state index contributed by atoms with van der Waals surface area (Å²) in [6.45, 7) is 0. The molecule has 0 aromatic carbocycles. The molecule has 0 aromatic rings. The van der Waals surface area contributed by atoms with Crippen molar-refractivity contribution in [3.8, 4) is 0 Å². The third-order valence-corrected chi connectivity index (χ3v) is 2.72. The van der Waals surface area contributed by atoms with Gasteiger partial charge >= 0.3 is 11.4 Å². The zero-order chi connectivity index (χ0) is 12.8. The Kier molecular flexibility index (Phi) is 2.01. The van der Waals surface area contributed by atoms with E-state index in [4.69, 9.17) is 4.74 Å². The zero-order valence-corrected chi connectivity index (χ0v) is 8.09. The van der Waals surface area contributed by atoms with Crippen molar-refractivity contribution in [1.29, 1.82) is 0 Å². The fourth-order valence-corrected chi connectivity index (χ4v) is 1.87. The van der Waals surface area contributed by atoms with E-state index in [0.717, 1.165) is 6.08 Å². The summed E-state index contributed by atoms with van der Waals surface area (Å²) >= 11 is 0. The number of nitro groups is 3. The van der Waals surface area contributed by atoms with Crippen LogP contribution in [0.5, 0.6) is 0 Å². The van der Waals surface area contributed by atoms with E-state index in [1.807, 2.05) is 0 Å². The zero-order valence-electron chi connectivity index (χ0n) is 8.09. The Morgan fingerprint density at radius 1 is 1.06 bits per heavy atom. The topological polar surface area (TPSA) is 142 Å². The monoisotopic (exact) mass is 243 g/mol. The molecule has 10 heteroatoms. The third kappa shape index (κ3) is 1.07. The van der Waals surface area contributed by atoms with Crippen LogP contribution in [0.3, 0.4) is 0 Å². The van der Waals surface area contributed by atoms with Gasteiger partial charge in [0.05, 0.1) is 0 Å². The van der Waals surface area contributed by atoms with Crippen LogP contribution < -0.4 is 0 Å². The molecule has 90 valence electrons. The number of epoxide rings is 1. The molecule has 0 N–H and O–H groups in total. The first-order chi connectivity index (χ1) is 7.89. The number of fused-ring (bicyclic) bond motifs is 1. The highest BCUT2D eigenvalue weighted by molar-refractivity contribution is 5.33. The van der Waals surface area contributed by atoms with Crippen molar-refractivity contribution in [3.05, 3.63) is 54.6 Å². The Labute approximate surface area is 92.6 Å². The van der Waals surface area contributed by atoms with Gasteiger partial charge in [-0.3, -0.25) is 30.3 Å². The van der Waals surface area contributed by atoms with E-state index in [0.29, 0.717) is 0 Å². The summed E-state index contributed by atoms with van der Waals surface area (Å²) in [6.07, 6.45) is 3.95. The average molecular weight is 243 g/mol. The van der Waals surface area contributed by atoms with Gasteiger partial charge in [0.25, 0.3) is 0 Å². The molecular formula is C7H5N3O7. The van der Waals surface area contributed by atoms with Crippen molar-refractivity contribution in [2.45, 2.75) is 17.5 Å². The number of hydrogen-bond donors (Lipinski definition) is 0. The quantitative estimate of drug-likeness (QED) is 0.286. The molecule has 1 fully saturated rings. The molecule has 17 heavy (non-hydrogen) atoms. The molecule has 2 unspecified atom stereocenters. The van der Waals surface area contributed by atoms with Crippen molar-refractivity contribution in [2.75, 3.05) is 0 Å². The maximum absolute atomic E-state index is 10.8. The van der Waals surface area contributed by atoms with Gasteiger partial charge in [0.1, 0.15) is 6.10 Å². The van der Waals surface area contributed by atoms with Gasteiger partial charge in [-0.1, -0.05) is 18.2 Å². The fraction of sp³-hybridized carbons (Fsp3) is 0.429. The molecule has 2 atom stereocenters. The second-order valence-electron chi connectivity index (χ2n) is 3.48. The SMILES string of the molecule is O=[N+]([O-])C([N+](=O)[O-])([N+](=O)[O-])C12C=CC=CC1O2. The Morgan fingerprint density at radius 2 is 1.59 bits per heavy atom. The molecule has 2 aliphatic rings. The number of rotatable bonds is 4. The summed E-state index contributed by atoms with van der Waals surface area (Å²) in [5, 5.41) is 32.5. The van der Waals surface area contributed by atoms with Gasteiger partial charge < -0.3 is 4.74 Å². The highest BCUT2D eigenvalue weighted by Gasteiger charge is 2.94. The molecule has 0 saturated carbocycles. The summed E-state index contributed by atoms with van der Waals surface area (Å²) < 4.78 is 4.82. The second kappa shape index (κ2) is 3.07. The summed E-state index contributed by atoms with van der Waals surface area (Å²) in [5.74, 6) is -3.61.